The van der Waals surface area contributed by atoms with E-state index in [1.165, 1.54) is 6.07 Å². The molecule has 0 spiro atoms. The van der Waals surface area contributed by atoms with Crippen molar-refractivity contribution in [2.75, 3.05) is 19.7 Å². The van der Waals surface area contributed by atoms with Crippen LogP contribution >= 0.6 is 0 Å². The maximum Gasteiger partial charge on any atom is 0.371 e. The molecule has 1 aromatic heterocycles. The highest BCUT2D eigenvalue weighted by molar-refractivity contribution is 5.84. The lowest BCUT2D eigenvalue weighted by Crippen LogP contribution is -2.47. The number of carboxylic acids is 1. The highest BCUT2D eigenvalue weighted by Crippen LogP contribution is 2.16. The number of aromatic carboxylic acids is 1. The van der Waals surface area contributed by atoms with Gasteiger partial charge in [-0.25, -0.2) is 4.79 Å². The van der Waals surface area contributed by atoms with E-state index in [9.17, 15) is 4.79 Å². The largest absolute Gasteiger partial charge is 0.475 e. The first-order valence-electron chi connectivity index (χ1n) is 5.89. The monoisotopic (exact) mass is 255 g/mol. The highest BCUT2D eigenvalue weighted by Gasteiger charge is 2.25. The van der Waals surface area contributed by atoms with Crippen LogP contribution in [-0.2, 0) is 11.3 Å². The minimum absolute atomic E-state index is 0.0145. The molecule has 1 aliphatic rings. The summed E-state index contributed by atoms with van der Waals surface area (Å²) in [5.74, 6) is -0.506. The Morgan fingerprint density at radius 2 is 2.28 bits per heavy atom. The molecule has 6 heteroatoms. The zero-order valence-corrected chi connectivity index (χ0v) is 10.2. The third kappa shape index (κ3) is 3.10. The van der Waals surface area contributed by atoms with E-state index in [0.717, 1.165) is 6.54 Å². The van der Waals surface area contributed by atoms with Gasteiger partial charge in [0.1, 0.15) is 5.76 Å². The van der Waals surface area contributed by atoms with Crippen LogP contribution in [0.4, 0.5) is 0 Å². The summed E-state index contributed by atoms with van der Waals surface area (Å²) in [4.78, 5) is 12.8. The van der Waals surface area contributed by atoms with Crippen LogP contribution in [0.2, 0.25) is 0 Å². The predicted molar refractivity (Wildman–Crippen MR) is 62.4 cm³/mol. The summed E-state index contributed by atoms with van der Waals surface area (Å²) in [5.41, 5.74) is 0. The van der Waals surface area contributed by atoms with E-state index in [1.807, 2.05) is 6.92 Å². The van der Waals surface area contributed by atoms with Crippen molar-refractivity contribution in [3.8, 4) is 0 Å². The van der Waals surface area contributed by atoms with Gasteiger partial charge in [0, 0.05) is 13.1 Å². The molecule has 0 bridgehead atoms. The van der Waals surface area contributed by atoms with E-state index in [1.54, 1.807) is 6.07 Å². The molecule has 2 heterocycles. The Hall–Kier alpha value is -1.37. The van der Waals surface area contributed by atoms with Gasteiger partial charge in [0.25, 0.3) is 0 Å². The number of furan rings is 1. The zero-order valence-electron chi connectivity index (χ0n) is 10.2. The summed E-state index contributed by atoms with van der Waals surface area (Å²) in [6.45, 7) is 3.81. The topological polar surface area (TPSA) is 83.1 Å². The molecule has 1 aliphatic heterocycles. The van der Waals surface area contributed by atoms with Gasteiger partial charge in [0.05, 0.1) is 25.4 Å². The molecule has 0 amide bonds. The van der Waals surface area contributed by atoms with Crippen LogP contribution in [0.25, 0.3) is 0 Å². The van der Waals surface area contributed by atoms with E-state index in [-0.39, 0.29) is 24.6 Å². The van der Waals surface area contributed by atoms with Crippen molar-refractivity contribution in [2.45, 2.75) is 25.7 Å². The number of carbonyl (C=O) groups is 1. The Morgan fingerprint density at radius 1 is 1.50 bits per heavy atom. The molecule has 2 atom stereocenters. The summed E-state index contributed by atoms with van der Waals surface area (Å²) in [6, 6.07) is 3.11. The number of ether oxygens (including phenoxy) is 1. The highest BCUT2D eigenvalue weighted by atomic mass is 16.5. The van der Waals surface area contributed by atoms with Crippen molar-refractivity contribution in [3.63, 3.8) is 0 Å². The Kier molecular flexibility index (Phi) is 4.00. The van der Waals surface area contributed by atoms with Gasteiger partial charge in [0.15, 0.2) is 0 Å². The van der Waals surface area contributed by atoms with Crippen molar-refractivity contribution in [1.82, 2.24) is 4.90 Å². The van der Waals surface area contributed by atoms with Gasteiger partial charge in [-0.2, -0.15) is 0 Å². The van der Waals surface area contributed by atoms with Gasteiger partial charge in [0.2, 0.25) is 5.76 Å². The molecule has 2 rings (SSSR count). The summed E-state index contributed by atoms with van der Waals surface area (Å²) in [5, 5.41) is 17.9. The maximum atomic E-state index is 10.7. The molecule has 6 nitrogen and oxygen atoms in total. The molecule has 0 saturated carbocycles. The quantitative estimate of drug-likeness (QED) is 0.818. The lowest BCUT2D eigenvalue weighted by Gasteiger charge is -2.35. The number of morpholine rings is 1. The lowest BCUT2D eigenvalue weighted by atomic mass is 10.2. The molecular formula is C12H17NO5. The fourth-order valence-corrected chi connectivity index (χ4v) is 2.17. The van der Waals surface area contributed by atoms with Crippen LogP contribution in [0.3, 0.4) is 0 Å². The van der Waals surface area contributed by atoms with Crippen LogP contribution in [0.1, 0.15) is 23.2 Å². The van der Waals surface area contributed by atoms with E-state index < -0.39 is 5.97 Å². The van der Waals surface area contributed by atoms with E-state index in [2.05, 4.69) is 4.90 Å². The van der Waals surface area contributed by atoms with E-state index >= 15 is 0 Å². The van der Waals surface area contributed by atoms with Gasteiger partial charge in [-0.3, -0.25) is 4.90 Å². The van der Waals surface area contributed by atoms with Crippen LogP contribution in [0.15, 0.2) is 16.5 Å². The number of hydrogen-bond acceptors (Lipinski definition) is 5. The zero-order chi connectivity index (χ0) is 13.1. The normalized spacial score (nSPS) is 25.2. The fourth-order valence-electron chi connectivity index (χ4n) is 2.17. The maximum absolute atomic E-state index is 10.7. The number of aliphatic hydroxyl groups excluding tert-OH is 1. The molecule has 1 fully saturated rings. The minimum atomic E-state index is -1.06. The molecule has 0 radical (unpaired) electrons. The second kappa shape index (κ2) is 5.51. The second-order valence-corrected chi connectivity index (χ2v) is 4.52. The number of nitrogens with zero attached hydrogens (tertiary/aromatic N) is 1. The first-order valence-corrected chi connectivity index (χ1v) is 5.89. The fraction of sp³-hybridized carbons (Fsp3) is 0.583. The average Bonchev–Trinajstić information content (AvgIpc) is 2.76. The Morgan fingerprint density at radius 3 is 2.89 bits per heavy atom. The molecule has 0 aromatic carbocycles. The molecule has 2 N–H and O–H groups in total. The van der Waals surface area contributed by atoms with E-state index in [4.69, 9.17) is 19.4 Å². The summed E-state index contributed by atoms with van der Waals surface area (Å²) in [6.07, 6.45) is -0.146. The van der Waals surface area contributed by atoms with Crippen molar-refractivity contribution in [1.29, 1.82) is 0 Å². The van der Waals surface area contributed by atoms with Crippen LogP contribution in [0.5, 0.6) is 0 Å². The van der Waals surface area contributed by atoms with Gasteiger partial charge < -0.3 is 19.4 Å². The third-order valence-electron chi connectivity index (χ3n) is 2.86. The first-order chi connectivity index (χ1) is 8.58. The molecule has 2 unspecified atom stereocenters. The standard InChI is InChI=1S/C12H17NO5/c1-8-4-13(6-10(7-14)17-8)5-9-2-3-11(18-9)12(15)16/h2-3,8,10,14H,4-7H2,1H3,(H,15,16). The Labute approximate surface area is 105 Å². The average molecular weight is 255 g/mol. The smallest absolute Gasteiger partial charge is 0.371 e. The van der Waals surface area contributed by atoms with Crippen LogP contribution in [0, 0.1) is 0 Å². The van der Waals surface area contributed by atoms with Gasteiger partial charge in [-0.05, 0) is 19.1 Å². The summed E-state index contributed by atoms with van der Waals surface area (Å²) >= 11 is 0. The summed E-state index contributed by atoms with van der Waals surface area (Å²) < 4.78 is 10.7. The molecule has 100 valence electrons. The Balaban J connectivity index is 1.97. The number of rotatable bonds is 4. The second-order valence-electron chi connectivity index (χ2n) is 4.52. The van der Waals surface area contributed by atoms with Gasteiger partial charge in [-0.15, -0.1) is 0 Å². The van der Waals surface area contributed by atoms with Crippen molar-refractivity contribution in [2.24, 2.45) is 0 Å². The van der Waals surface area contributed by atoms with E-state index in [0.29, 0.717) is 18.8 Å². The summed E-state index contributed by atoms with van der Waals surface area (Å²) in [7, 11) is 0. The number of carboxylic acid groups (broad SMARTS) is 1. The molecule has 1 saturated heterocycles. The molecule has 18 heavy (non-hydrogen) atoms. The van der Waals surface area contributed by atoms with Crippen molar-refractivity contribution in [3.05, 3.63) is 23.7 Å². The molecule has 1 aromatic rings. The first kappa shape index (κ1) is 13.1. The number of aliphatic hydroxyl groups is 1. The van der Waals surface area contributed by atoms with Crippen molar-refractivity contribution >= 4 is 5.97 Å². The minimum Gasteiger partial charge on any atom is -0.475 e. The van der Waals surface area contributed by atoms with Gasteiger partial charge in [-0.1, -0.05) is 0 Å². The lowest BCUT2D eigenvalue weighted by molar-refractivity contribution is -0.0983. The Bertz CT molecular complexity index is 416. The molecular weight excluding hydrogens is 238 g/mol. The van der Waals surface area contributed by atoms with Crippen molar-refractivity contribution < 1.29 is 24.2 Å². The molecule has 0 aliphatic carbocycles. The van der Waals surface area contributed by atoms with Crippen LogP contribution in [-0.4, -0.2) is 53.0 Å². The third-order valence-corrected chi connectivity index (χ3v) is 2.86. The van der Waals surface area contributed by atoms with Gasteiger partial charge >= 0.3 is 5.97 Å². The van der Waals surface area contributed by atoms with Crippen LogP contribution < -0.4 is 0 Å². The SMILES string of the molecule is CC1CN(Cc2ccc(C(=O)O)o2)CC(CO)O1. The predicted octanol–water partition coefficient (Wildman–Crippen LogP) is 0.559. The number of hydrogen-bond donors (Lipinski definition) is 2.